The van der Waals surface area contributed by atoms with Gasteiger partial charge in [-0.25, -0.2) is 9.97 Å². The Bertz CT molecular complexity index is 952. The van der Waals surface area contributed by atoms with E-state index in [1.807, 2.05) is 6.20 Å². The van der Waals surface area contributed by atoms with E-state index in [1.54, 1.807) is 0 Å². The lowest BCUT2D eigenvalue weighted by Gasteiger charge is -2.05. The summed E-state index contributed by atoms with van der Waals surface area (Å²) in [6.45, 7) is 4.18. The van der Waals surface area contributed by atoms with Crippen LogP contribution in [0.15, 0.2) is 54.7 Å². The van der Waals surface area contributed by atoms with Crippen molar-refractivity contribution in [2.75, 3.05) is 0 Å². The number of pyridine rings is 1. The monoisotopic (exact) mass is 313 g/mol. The maximum Gasteiger partial charge on any atom is 0.129 e. The van der Waals surface area contributed by atoms with Crippen LogP contribution < -0.4 is 0 Å². The number of rotatable bonds is 3. The summed E-state index contributed by atoms with van der Waals surface area (Å²) >= 11 is 0. The molecule has 0 saturated carbocycles. The fraction of sp³-hybridized carbons (Fsp3) is 0.190. The molecule has 4 aromatic rings. The third kappa shape index (κ3) is 2.98. The average molecular weight is 313 g/mol. The predicted molar refractivity (Wildman–Crippen MR) is 98.2 cm³/mol. The molecule has 2 aromatic carbocycles. The second-order valence-electron chi connectivity index (χ2n) is 6.35. The molecule has 0 bridgehead atoms. The minimum Gasteiger partial charge on any atom is -0.253 e. The molecule has 3 nitrogen and oxygen atoms in total. The van der Waals surface area contributed by atoms with E-state index in [9.17, 15) is 0 Å². The smallest absolute Gasteiger partial charge is 0.129 e. The van der Waals surface area contributed by atoms with Crippen LogP contribution in [0.4, 0.5) is 0 Å². The van der Waals surface area contributed by atoms with Crippen molar-refractivity contribution < 1.29 is 0 Å². The zero-order chi connectivity index (χ0) is 16.5. The Kier molecular flexibility index (Phi) is 3.69. The van der Waals surface area contributed by atoms with Crippen LogP contribution in [0.3, 0.4) is 0 Å². The van der Waals surface area contributed by atoms with Gasteiger partial charge in [-0.05, 0) is 49.6 Å². The highest BCUT2D eigenvalue weighted by molar-refractivity contribution is 5.79. The van der Waals surface area contributed by atoms with Crippen LogP contribution in [0.25, 0.3) is 21.8 Å². The second-order valence-corrected chi connectivity index (χ2v) is 6.35. The molecule has 118 valence electrons. The summed E-state index contributed by atoms with van der Waals surface area (Å²) in [5, 5.41) is 2.27. The Morgan fingerprint density at radius 3 is 2.17 bits per heavy atom. The molecule has 0 amide bonds. The molecule has 0 radical (unpaired) electrons. The largest absolute Gasteiger partial charge is 0.253 e. The lowest BCUT2D eigenvalue weighted by atomic mass is 10.1. The molecule has 0 fully saturated rings. The lowest BCUT2D eigenvalue weighted by Crippen LogP contribution is -2.00. The number of hydrogen-bond donors (Lipinski definition) is 0. The summed E-state index contributed by atoms with van der Waals surface area (Å²) in [6.07, 6.45) is 3.56. The molecule has 0 atom stereocenters. The molecule has 4 rings (SSSR count). The third-order valence-corrected chi connectivity index (χ3v) is 4.30. The van der Waals surface area contributed by atoms with E-state index in [0.29, 0.717) is 0 Å². The number of aryl methyl sites for hydroxylation is 4. The highest BCUT2D eigenvalue weighted by atomic mass is 14.9. The average Bonchev–Trinajstić information content (AvgIpc) is 2.59. The number of benzene rings is 2. The van der Waals surface area contributed by atoms with Crippen LogP contribution >= 0.6 is 0 Å². The second kappa shape index (κ2) is 6.00. The summed E-state index contributed by atoms with van der Waals surface area (Å²) < 4.78 is 0. The first-order valence-electron chi connectivity index (χ1n) is 8.26. The van der Waals surface area contributed by atoms with Crippen LogP contribution in [-0.4, -0.2) is 15.0 Å². The van der Waals surface area contributed by atoms with E-state index >= 15 is 0 Å². The Balaban J connectivity index is 1.58. The highest BCUT2D eigenvalue weighted by Crippen LogP contribution is 2.16. The predicted octanol–water partition coefficient (Wildman–Crippen LogP) is 4.58. The van der Waals surface area contributed by atoms with E-state index in [1.165, 1.54) is 16.5 Å². The number of hydrogen-bond acceptors (Lipinski definition) is 3. The Morgan fingerprint density at radius 2 is 1.38 bits per heavy atom. The number of nitrogens with zero attached hydrogens (tertiary/aromatic N) is 3. The number of aromatic nitrogens is 3. The standard InChI is InChI=1S/C21H19N3/c1-14-3-5-16-7-8-18(23-19(16)11-14)9-10-21-22-13-17-6-4-15(2)12-20(17)24-21/h3-8,11-13H,9-10H2,1-2H3. The molecule has 0 N–H and O–H groups in total. The Labute approximate surface area is 141 Å². The summed E-state index contributed by atoms with van der Waals surface area (Å²) in [5.41, 5.74) is 5.62. The first-order chi connectivity index (χ1) is 11.7. The molecule has 0 unspecified atom stereocenters. The Hall–Kier alpha value is -2.81. The third-order valence-electron chi connectivity index (χ3n) is 4.30. The fourth-order valence-corrected chi connectivity index (χ4v) is 2.94. The van der Waals surface area contributed by atoms with Gasteiger partial charge in [-0.15, -0.1) is 0 Å². The molecule has 3 heteroatoms. The van der Waals surface area contributed by atoms with Crippen molar-refractivity contribution in [3.05, 3.63) is 77.4 Å². The molecule has 0 saturated heterocycles. The fourth-order valence-electron chi connectivity index (χ4n) is 2.94. The topological polar surface area (TPSA) is 38.7 Å². The van der Waals surface area contributed by atoms with Crippen LogP contribution in [0.1, 0.15) is 22.6 Å². The van der Waals surface area contributed by atoms with E-state index in [0.717, 1.165) is 40.8 Å². The SMILES string of the molecule is Cc1ccc2ccc(CCc3ncc4ccc(C)cc4n3)nc2c1. The van der Waals surface area contributed by atoms with Crippen molar-refractivity contribution in [2.45, 2.75) is 26.7 Å². The van der Waals surface area contributed by atoms with Gasteiger partial charge in [0.1, 0.15) is 5.82 Å². The van der Waals surface area contributed by atoms with Gasteiger partial charge < -0.3 is 0 Å². The zero-order valence-corrected chi connectivity index (χ0v) is 14.0. The van der Waals surface area contributed by atoms with Gasteiger partial charge in [0.15, 0.2) is 0 Å². The van der Waals surface area contributed by atoms with Gasteiger partial charge in [-0.3, -0.25) is 4.98 Å². The van der Waals surface area contributed by atoms with E-state index in [-0.39, 0.29) is 0 Å². The van der Waals surface area contributed by atoms with Crippen molar-refractivity contribution in [2.24, 2.45) is 0 Å². The first-order valence-corrected chi connectivity index (χ1v) is 8.26. The Morgan fingerprint density at radius 1 is 0.708 bits per heavy atom. The highest BCUT2D eigenvalue weighted by Gasteiger charge is 2.04. The van der Waals surface area contributed by atoms with Gasteiger partial charge in [0.25, 0.3) is 0 Å². The summed E-state index contributed by atoms with van der Waals surface area (Å²) in [7, 11) is 0. The quantitative estimate of drug-likeness (QED) is 0.555. The zero-order valence-electron chi connectivity index (χ0n) is 14.0. The summed E-state index contributed by atoms with van der Waals surface area (Å²) in [5.74, 6) is 0.874. The maximum atomic E-state index is 4.77. The van der Waals surface area contributed by atoms with Crippen molar-refractivity contribution in [1.82, 2.24) is 15.0 Å². The van der Waals surface area contributed by atoms with Gasteiger partial charge >= 0.3 is 0 Å². The number of fused-ring (bicyclic) bond motifs is 2. The molecular weight excluding hydrogens is 294 g/mol. The van der Waals surface area contributed by atoms with Gasteiger partial charge in [0.05, 0.1) is 11.0 Å². The minimum absolute atomic E-state index is 0.800. The van der Waals surface area contributed by atoms with Crippen molar-refractivity contribution in [3.8, 4) is 0 Å². The maximum absolute atomic E-state index is 4.77. The lowest BCUT2D eigenvalue weighted by molar-refractivity contribution is 0.849. The van der Waals surface area contributed by atoms with Crippen LogP contribution in [0, 0.1) is 13.8 Å². The van der Waals surface area contributed by atoms with Crippen molar-refractivity contribution in [3.63, 3.8) is 0 Å². The van der Waals surface area contributed by atoms with Crippen LogP contribution in [-0.2, 0) is 12.8 Å². The van der Waals surface area contributed by atoms with Crippen molar-refractivity contribution >= 4 is 21.8 Å². The van der Waals surface area contributed by atoms with E-state index in [2.05, 4.69) is 72.3 Å². The van der Waals surface area contributed by atoms with E-state index in [4.69, 9.17) is 4.98 Å². The minimum atomic E-state index is 0.800. The summed E-state index contributed by atoms with van der Waals surface area (Å²) in [6, 6.07) is 16.9. The van der Waals surface area contributed by atoms with Crippen LogP contribution in [0.5, 0.6) is 0 Å². The molecular formula is C21H19N3. The molecule has 2 aromatic heterocycles. The molecule has 0 spiro atoms. The first kappa shape index (κ1) is 14.8. The van der Waals surface area contributed by atoms with Crippen LogP contribution in [0.2, 0.25) is 0 Å². The van der Waals surface area contributed by atoms with E-state index < -0.39 is 0 Å². The molecule has 2 heterocycles. The molecule has 24 heavy (non-hydrogen) atoms. The van der Waals surface area contributed by atoms with Crippen molar-refractivity contribution in [1.29, 1.82) is 0 Å². The summed E-state index contributed by atoms with van der Waals surface area (Å²) in [4.78, 5) is 13.9. The molecule has 0 aliphatic heterocycles. The molecule has 0 aliphatic rings. The van der Waals surface area contributed by atoms with Gasteiger partial charge in [-0.2, -0.15) is 0 Å². The van der Waals surface area contributed by atoms with Gasteiger partial charge in [0.2, 0.25) is 0 Å². The van der Waals surface area contributed by atoms with Gasteiger partial charge in [0, 0.05) is 29.1 Å². The normalized spacial score (nSPS) is 11.2. The van der Waals surface area contributed by atoms with Gasteiger partial charge in [-0.1, -0.05) is 30.3 Å². The molecule has 0 aliphatic carbocycles.